The molecule has 0 radical (unpaired) electrons. The molecule has 1 atom stereocenters. The van der Waals surface area contributed by atoms with Gasteiger partial charge in [-0.05, 0) is 29.7 Å². The standard InChI is InChI=1S/C21H17ClO/c22-19-13-11-16(12-14-19)15-20(17-7-3-1-4-8-17)21(23)18-9-5-2-6-10-18/h1-14,20H,15H2. The van der Waals surface area contributed by atoms with Crippen LogP contribution >= 0.6 is 11.6 Å². The summed E-state index contributed by atoms with van der Waals surface area (Å²) in [7, 11) is 0. The molecule has 0 heterocycles. The molecule has 0 aliphatic heterocycles. The number of hydrogen-bond donors (Lipinski definition) is 0. The highest BCUT2D eigenvalue weighted by Gasteiger charge is 2.22. The van der Waals surface area contributed by atoms with Crippen LogP contribution in [0.3, 0.4) is 0 Å². The molecule has 0 aromatic heterocycles. The van der Waals surface area contributed by atoms with Gasteiger partial charge < -0.3 is 0 Å². The third-order valence-corrected chi connectivity index (χ3v) is 4.18. The fraction of sp³-hybridized carbons (Fsp3) is 0.0952. The molecule has 0 aliphatic rings. The van der Waals surface area contributed by atoms with Crippen molar-refractivity contribution in [3.8, 4) is 0 Å². The molecule has 0 saturated carbocycles. The monoisotopic (exact) mass is 320 g/mol. The van der Waals surface area contributed by atoms with Gasteiger partial charge in [-0.1, -0.05) is 84.4 Å². The molecule has 1 nitrogen and oxygen atoms in total. The number of carbonyl (C=O) groups excluding carboxylic acids is 1. The smallest absolute Gasteiger partial charge is 0.170 e. The van der Waals surface area contributed by atoms with Crippen LogP contribution in [0.25, 0.3) is 0 Å². The molecule has 0 spiro atoms. The van der Waals surface area contributed by atoms with Gasteiger partial charge in [0.1, 0.15) is 0 Å². The number of benzene rings is 3. The number of Topliss-reactive ketones (excluding diaryl/α,β-unsaturated/α-hetero) is 1. The van der Waals surface area contributed by atoms with E-state index in [4.69, 9.17) is 11.6 Å². The fourth-order valence-corrected chi connectivity index (χ4v) is 2.83. The molecule has 2 heteroatoms. The summed E-state index contributed by atoms with van der Waals surface area (Å²) in [6, 6.07) is 27.1. The first-order chi connectivity index (χ1) is 11.2. The van der Waals surface area contributed by atoms with Gasteiger partial charge in [-0.2, -0.15) is 0 Å². The first-order valence-electron chi connectivity index (χ1n) is 7.62. The maximum Gasteiger partial charge on any atom is 0.170 e. The van der Waals surface area contributed by atoms with Gasteiger partial charge in [-0.15, -0.1) is 0 Å². The van der Waals surface area contributed by atoms with Gasteiger partial charge >= 0.3 is 0 Å². The molecule has 114 valence electrons. The highest BCUT2D eigenvalue weighted by Crippen LogP contribution is 2.26. The number of rotatable bonds is 5. The summed E-state index contributed by atoms with van der Waals surface area (Å²) in [6.45, 7) is 0. The molecule has 3 aromatic rings. The summed E-state index contributed by atoms with van der Waals surface area (Å²) < 4.78 is 0. The van der Waals surface area contributed by atoms with E-state index in [1.165, 1.54) is 0 Å². The Kier molecular flexibility index (Phi) is 4.89. The molecule has 0 aliphatic carbocycles. The average Bonchev–Trinajstić information content (AvgIpc) is 2.62. The quantitative estimate of drug-likeness (QED) is 0.563. The van der Waals surface area contributed by atoms with Crippen molar-refractivity contribution < 1.29 is 4.79 Å². The summed E-state index contributed by atoms with van der Waals surface area (Å²) in [5, 5.41) is 0.708. The Balaban J connectivity index is 1.94. The van der Waals surface area contributed by atoms with Crippen LogP contribution in [0, 0.1) is 0 Å². The van der Waals surface area contributed by atoms with Crippen molar-refractivity contribution in [1.29, 1.82) is 0 Å². The molecule has 0 amide bonds. The molecule has 23 heavy (non-hydrogen) atoms. The van der Waals surface area contributed by atoms with Crippen LogP contribution in [0.4, 0.5) is 0 Å². The maximum atomic E-state index is 13.0. The summed E-state index contributed by atoms with van der Waals surface area (Å²) in [6.07, 6.45) is 0.662. The number of hydrogen-bond acceptors (Lipinski definition) is 1. The highest BCUT2D eigenvalue weighted by atomic mass is 35.5. The lowest BCUT2D eigenvalue weighted by molar-refractivity contribution is 0.0959. The zero-order valence-electron chi connectivity index (χ0n) is 12.7. The average molecular weight is 321 g/mol. The van der Waals surface area contributed by atoms with Crippen LogP contribution in [-0.2, 0) is 6.42 Å². The van der Waals surface area contributed by atoms with Crippen LogP contribution in [-0.4, -0.2) is 5.78 Å². The lowest BCUT2D eigenvalue weighted by atomic mass is 9.85. The van der Waals surface area contributed by atoms with Gasteiger partial charge in [0, 0.05) is 10.6 Å². The summed E-state index contributed by atoms with van der Waals surface area (Å²) in [5.41, 5.74) is 2.89. The van der Waals surface area contributed by atoms with Gasteiger partial charge in [0.15, 0.2) is 5.78 Å². The number of halogens is 1. The third kappa shape index (κ3) is 3.88. The largest absolute Gasteiger partial charge is 0.293 e. The minimum atomic E-state index is -0.195. The van der Waals surface area contributed by atoms with E-state index in [0.29, 0.717) is 11.4 Å². The van der Waals surface area contributed by atoms with Crippen molar-refractivity contribution in [1.82, 2.24) is 0 Å². The number of carbonyl (C=O) groups is 1. The second-order valence-corrected chi connectivity index (χ2v) is 5.96. The van der Waals surface area contributed by atoms with Crippen molar-refractivity contribution in [2.24, 2.45) is 0 Å². The van der Waals surface area contributed by atoms with Gasteiger partial charge in [-0.3, -0.25) is 4.79 Å². The predicted molar refractivity (Wildman–Crippen MR) is 95.1 cm³/mol. The van der Waals surface area contributed by atoms with E-state index in [2.05, 4.69) is 0 Å². The van der Waals surface area contributed by atoms with Crippen LogP contribution in [0.15, 0.2) is 84.9 Å². The lowest BCUT2D eigenvalue weighted by Crippen LogP contribution is -2.15. The Morgan fingerprint density at radius 1 is 0.783 bits per heavy atom. The van der Waals surface area contributed by atoms with E-state index in [9.17, 15) is 4.79 Å². The van der Waals surface area contributed by atoms with Crippen molar-refractivity contribution in [2.45, 2.75) is 12.3 Å². The van der Waals surface area contributed by atoms with E-state index in [1.807, 2.05) is 84.9 Å². The molecule has 3 aromatic carbocycles. The molecule has 1 unspecified atom stereocenters. The summed E-state index contributed by atoms with van der Waals surface area (Å²) >= 11 is 5.96. The second-order valence-electron chi connectivity index (χ2n) is 5.52. The Labute approximate surface area is 141 Å². The zero-order chi connectivity index (χ0) is 16.1. The molecule has 0 fully saturated rings. The first kappa shape index (κ1) is 15.5. The van der Waals surface area contributed by atoms with Crippen LogP contribution in [0.2, 0.25) is 5.02 Å². The first-order valence-corrected chi connectivity index (χ1v) is 8.00. The predicted octanol–water partition coefficient (Wildman–Crippen LogP) is 5.55. The Bertz CT molecular complexity index is 764. The van der Waals surface area contributed by atoms with E-state index < -0.39 is 0 Å². The van der Waals surface area contributed by atoms with Gasteiger partial charge in [0.25, 0.3) is 0 Å². The summed E-state index contributed by atoms with van der Waals surface area (Å²) in [4.78, 5) is 13.0. The molecule has 3 rings (SSSR count). The fourth-order valence-electron chi connectivity index (χ4n) is 2.71. The Hall–Kier alpha value is -2.38. The third-order valence-electron chi connectivity index (χ3n) is 3.93. The number of ketones is 1. The van der Waals surface area contributed by atoms with Gasteiger partial charge in [0.05, 0.1) is 5.92 Å². The lowest BCUT2D eigenvalue weighted by Gasteiger charge is -2.17. The van der Waals surface area contributed by atoms with Crippen LogP contribution in [0.5, 0.6) is 0 Å². The maximum absolute atomic E-state index is 13.0. The molecular formula is C21H17ClO. The van der Waals surface area contributed by atoms with E-state index in [-0.39, 0.29) is 11.7 Å². The normalized spacial score (nSPS) is 11.9. The van der Waals surface area contributed by atoms with Gasteiger partial charge in [-0.25, -0.2) is 0 Å². The summed E-state index contributed by atoms with van der Waals surface area (Å²) in [5.74, 6) is -0.0495. The molecule has 0 N–H and O–H groups in total. The van der Waals surface area contributed by atoms with E-state index in [1.54, 1.807) is 0 Å². The second kappa shape index (κ2) is 7.26. The van der Waals surface area contributed by atoms with Crippen LogP contribution < -0.4 is 0 Å². The van der Waals surface area contributed by atoms with Crippen molar-refractivity contribution in [3.63, 3.8) is 0 Å². The van der Waals surface area contributed by atoms with Crippen molar-refractivity contribution in [2.75, 3.05) is 0 Å². The van der Waals surface area contributed by atoms with Crippen LogP contribution in [0.1, 0.15) is 27.4 Å². The SMILES string of the molecule is O=C(c1ccccc1)C(Cc1ccc(Cl)cc1)c1ccccc1. The molecule has 0 bridgehead atoms. The minimum Gasteiger partial charge on any atom is -0.293 e. The Morgan fingerprint density at radius 2 is 1.35 bits per heavy atom. The highest BCUT2D eigenvalue weighted by molar-refractivity contribution is 6.30. The minimum absolute atomic E-state index is 0.145. The zero-order valence-corrected chi connectivity index (χ0v) is 13.4. The van der Waals surface area contributed by atoms with Gasteiger partial charge in [0.2, 0.25) is 0 Å². The topological polar surface area (TPSA) is 17.1 Å². The molecule has 0 saturated heterocycles. The van der Waals surface area contributed by atoms with Crippen molar-refractivity contribution in [3.05, 3.63) is 107 Å². The van der Waals surface area contributed by atoms with Crippen molar-refractivity contribution >= 4 is 17.4 Å². The molecular weight excluding hydrogens is 304 g/mol. The Morgan fingerprint density at radius 3 is 1.96 bits per heavy atom. The van der Waals surface area contributed by atoms with E-state index >= 15 is 0 Å². The van der Waals surface area contributed by atoms with E-state index in [0.717, 1.165) is 16.7 Å².